The summed E-state index contributed by atoms with van der Waals surface area (Å²) in [6, 6.07) is 15.5. The number of nitrogens with zero attached hydrogens (tertiary/aromatic N) is 1. The number of unbranched alkanes of at least 4 members (excludes halogenated alkanes) is 2. The molecule has 0 unspecified atom stereocenters. The molecule has 0 aliphatic carbocycles. The van der Waals surface area contributed by atoms with Gasteiger partial charge in [0.25, 0.3) is 5.91 Å². The summed E-state index contributed by atoms with van der Waals surface area (Å²) in [4.78, 5) is 27.9. The maximum Gasteiger partial charge on any atom is 0.252 e. The Morgan fingerprint density at radius 1 is 0.971 bits per heavy atom. The first-order valence-electron chi connectivity index (χ1n) is 11.9. The predicted octanol–water partition coefficient (Wildman–Crippen LogP) is 4.09. The first kappa shape index (κ1) is 25.6. The van der Waals surface area contributed by atoms with Gasteiger partial charge in [0.2, 0.25) is 15.6 Å². The van der Waals surface area contributed by atoms with Gasteiger partial charge in [0.15, 0.2) is 0 Å². The molecule has 0 bridgehead atoms. The van der Waals surface area contributed by atoms with Crippen LogP contribution in [0.1, 0.15) is 55.5 Å². The maximum atomic E-state index is 13.4. The second-order valence-corrected chi connectivity index (χ2v) is 10.3. The highest BCUT2D eigenvalue weighted by molar-refractivity contribution is 7.89. The Morgan fingerprint density at radius 2 is 1.65 bits per heavy atom. The number of carbonyl (C=O) groups excluding carboxylic acids is 1. The van der Waals surface area contributed by atoms with E-state index in [-0.39, 0.29) is 10.5 Å². The van der Waals surface area contributed by atoms with Crippen molar-refractivity contribution < 1.29 is 13.2 Å². The van der Waals surface area contributed by atoms with Crippen molar-refractivity contribution in [1.82, 2.24) is 14.6 Å². The van der Waals surface area contributed by atoms with Gasteiger partial charge in [-0.15, -0.1) is 0 Å². The highest BCUT2D eigenvalue weighted by atomic mass is 32.2. The van der Waals surface area contributed by atoms with E-state index in [1.54, 1.807) is 6.07 Å². The summed E-state index contributed by atoms with van der Waals surface area (Å²) < 4.78 is 28.4. The van der Waals surface area contributed by atoms with Crippen molar-refractivity contribution in [2.45, 2.75) is 50.8 Å². The van der Waals surface area contributed by atoms with Crippen molar-refractivity contribution in [3.63, 3.8) is 0 Å². The van der Waals surface area contributed by atoms with Gasteiger partial charge >= 0.3 is 0 Å². The van der Waals surface area contributed by atoms with Crippen LogP contribution in [0.25, 0.3) is 10.9 Å². The van der Waals surface area contributed by atoms with E-state index in [0.717, 1.165) is 31.2 Å². The molecule has 2 aromatic carbocycles. The smallest absolute Gasteiger partial charge is 0.252 e. The second kappa shape index (κ2) is 11.9. The van der Waals surface area contributed by atoms with Gasteiger partial charge in [0.1, 0.15) is 0 Å². The lowest BCUT2D eigenvalue weighted by Gasteiger charge is -2.22. The van der Waals surface area contributed by atoms with E-state index in [4.69, 9.17) is 0 Å². The van der Waals surface area contributed by atoms with Gasteiger partial charge in [-0.05, 0) is 43.0 Å². The number of aromatic amines is 1. The van der Waals surface area contributed by atoms with Gasteiger partial charge < -0.3 is 10.3 Å². The number of H-pyrrole nitrogens is 1. The van der Waals surface area contributed by atoms with Crippen molar-refractivity contribution in [1.29, 1.82) is 0 Å². The zero-order chi connectivity index (χ0) is 24.6. The van der Waals surface area contributed by atoms with Crippen LogP contribution < -0.4 is 10.9 Å². The lowest BCUT2D eigenvalue weighted by molar-refractivity contribution is 0.0955. The molecule has 0 spiro atoms. The van der Waals surface area contributed by atoms with Crippen molar-refractivity contribution in [2.75, 3.05) is 19.6 Å². The molecule has 1 aromatic heterocycles. The summed E-state index contributed by atoms with van der Waals surface area (Å²) in [6.45, 7) is 5.36. The molecule has 2 N–H and O–H groups in total. The van der Waals surface area contributed by atoms with Crippen LogP contribution in [0.4, 0.5) is 0 Å². The molecule has 8 heteroatoms. The number of pyridine rings is 1. The fraction of sp³-hybridized carbons (Fsp3) is 0.385. The van der Waals surface area contributed by atoms with Crippen LogP contribution in [-0.4, -0.2) is 43.2 Å². The van der Waals surface area contributed by atoms with Crippen molar-refractivity contribution in [3.05, 3.63) is 76.1 Å². The first-order chi connectivity index (χ1) is 16.4. The zero-order valence-electron chi connectivity index (χ0n) is 19.8. The number of aromatic nitrogens is 1. The van der Waals surface area contributed by atoms with Crippen LogP contribution in [-0.2, 0) is 16.4 Å². The van der Waals surface area contributed by atoms with Crippen LogP contribution in [0, 0.1) is 0 Å². The minimum absolute atomic E-state index is 0.123. The Bertz CT molecular complexity index is 1260. The van der Waals surface area contributed by atoms with Crippen molar-refractivity contribution >= 4 is 26.8 Å². The zero-order valence-corrected chi connectivity index (χ0v) is 20.7. The van der Waals surface area contributed by atoms with E-state index in [2.05, 4.69) is 10.3 Å². The molecule has 3 rings (SSSR count). The van der Waals surface area contributed by atoms with Crippen LogP contribution in [0.2, 0.25) is 0 Å². The largest absolute Gasteiger partial charge is 0.352 e. The Labute approximate surface area is 201 Å². The highest BCUT2D eigenvalue weighted by Gasteiger charge is 2.25. The van der Waals surface area contributed by atoms with Gasteiger partial charge in [-0.1, -0.05) is 57.0 Å². The molecule has 7 nitrogen and oxygen atoms in total. The fourth-order valence-electron chi connectivity index (χ4n) is 3.81. The standard InChI is InChI=1S/C26H33N3O4S/c1-3-5-16-29(17-6-4-2)34(32,33)21-12-13-24-22(18-21)23(19-25(30)28-24)26(31)27-15-14-20-10-8-7-9-11-20/h7-13,18-19H,3-6,14-17H2,1-2H3,(H,27,31)(H,28,30). The van der Waals surface area contributed by atoms with Crippen molar-refractivity contribution in [2.24, 2.45) is 0 Å². The van der Waals surface area contributed by atoms with Crippen molar-refractivity contribution in [3.8, 4) is 0 Å². The molecule has 0 saturated carbocycles. The molecule has 0 aliphatic heterocycles. The maximum absolute atomic E-state index is 13.4. The molecule has 182 valence electrons. The lowest BCUT2D eigenvalue weighted by Crippen LogP contribution is -2.33. The Hall–Kier alpha value is -2.97. The second-order valence-electron chi connectivity index (χ2n) is 8.36. The molecule has 0 radical (unpaired) electrons. The summed E-state index contributed by atoms with van der Waals surface area (Å²) in [7, 11) is -3.73. The molecule has 3 aromatic rings. The minimum atomic E-state index is -3.73. The molecule has 0 atom stereocenters. The molecule has 0 saturated heterocycles. The fourth-order valence-corrected chi connectivity index (χ4v) is 5.36. The van der Waals surface area contributed by atoms with Gasteiger partial charge in [-0.2, -0.15) is 4.31 Å². The molecular weight excluding hydrogens is 450 g/mol. The number of rotatable bonds is 12. The van der Waals surface area contributed by atoms with Crippen LogP contribution in [0.3, 0.4) is 0 Å². The molecular formula is C26H33N3O4S. The van der Waals surface area contributed by atoms with Crippen LogP contribution in [0.15, 0.2) is 64.3 Å². The number of amides is 1. The van der Waals surface area contributed by atoms with Gasteiger partial charge in [-0.25, -0.2) is 8.42 Å². The average molecular weight is 484 g/mol. The van der Waals surface area contributed by atoms with Crippen LogP contribution >= 0.6 is 0 Å². The third kappa shape index (κ3) is 6.33. The summed E-state index contributed by atoms with van der Waals surface area (Å²) in [6.07, 6.45) is 3.99. The first-order valence-corrected chi connectivity index (χ1v) is 13.3. The van der Waals surface area contributed by atoms with Gasteiger partial charge in [0.05, 0.1) is 10.5 Å². The van der Waals surface area contributed by atoms with E-state index in [1.165, 1.54) is 22.5 Å². The molecule has 1 heterocycles. The third-order valence-electron chi connectivity index (χ3n) is 5.76. The topological polar surface area (TPSA) is 99.3 Å². The summed E-state index contributed by atoms with van der Waals surface area (Å²) in [5.41, 5.74) is 1.26. The number of nitrogens with one attached hydrogen (secondary N) is 2. The predicted molar refractivity (Wildman–Crippen MR) is 136 cm³/mol. The number of fused-ring (bicyclic) bond motifs is 1. The molecule has 0 aliphatic rings. The van der Waals surface area contributed by atoms with Gasteiger partial charge in [0, 0.05) is 36.6 Å². The number of hydrogen-bond acceptors (Lipinski definition) is 4. The SMILES string of the molecule is CCCCN(CCCC)S(=O)(=O)c1ccc2[nH]c(=O)cc(C(=O)NCCc3ccccc3)c2c1. The van der Waals surface area contributed by atoms with E-state index < -0.39 is 21.5 Å². The monoisotopic (exact) mass is 483 g/mol. The van der Waals surface area contributed by atoms with E-state index in [0.29, 0.717) is 37.0 Å². The quantitative estimate of drug-likeness (QED) is 0.405. The Morgan fingerprint density at radius 3 is 2.29 bits per heavy atom. The minimum Gasteiger partial charge on any atom is -0.352 e. The molecule has 34 heavy (non-hydrogen) atoms. The third-order valence-corrected chi connectivity index (χ3v) is 7.66. The Balaban J connectivity index is 1.91. The lowest BCUT2D eigenvalue weighted by atomic mass is 10.1. The number of carbonyl (C=O) groups is 1. The normalized spacial score (nSPS) is 11.7. The van der Waals surface area contributed by atoms with Crippen LogP contribution in [0.5, 0.6) is 0 Å². The molecule has 1 amide bonds. The average Bonchev–Trinajstić information content (AvgIpc) is 2.83. The number of hydrogen-bond donors (Lipinski definition) is 2. The van der Waals surface area contributed by atoms with Gasteiger partial charge in [-0.3, -0.25) is 9.59 Å². The summed E-state index contributed by atoms with van der Waals surface area (Å²) >= 11 is 0. The Kier molecular flexibility index (Phi) is 9.01. The number of benzene rings is 2. The summed E-state index contributed by atoms with van der Waals surface area (Å²) in [5, 5.41) is 3.26. The van der Waals surface area contributed by atoms with E-state index in [9.17, 15) is 18.0 Å². The highest BCUT2D eigenvalue weighted by Crippen LogP contribution is 2.23. The molecule has 0 fully saturated rings. The van der Waals surface area contributed by atoms with E-state index >= 15 is 0 Å². The summed E-state index contributed by atoms with van der Waals surface area (Å²) in [5.74, 6) is -0.407. The van der Waals surface area contributed by atoms with E-state index in [1.807, 2.05) is 44.2 Å². The number of sulfonamides is 1.